The Balaban J connectivity index is 3.29. The van der Waals surface area contributed by atoms with Crippen LogP contribution in [0.5, 0.6) is 0 Å². The summed E-state index contributed by atoms with van der Waals surface area (Å²) < 4.78 is 0. The van der Waals surface area contributed by atoms with E-state index in [-0.39, 0.29) is 0 Å². The van der Waals surface area contributed by atoms with Crippen molar-refractivity contribution in [3.63, 3.8) is 0 Å². The van der Waals surface area contributed by atoms with E-state index < -0.39 is 6.10 Å². The van der Waals surface area contributed by atoms with Crippen molar-refractivity contribution >= 4 is 0 Å². The first-order valence-corrected chi connectivity index (χ1v) is 1.81. The largest absolute Gasteiger partial charge is 0.389 e. The van der Waals surface area contributed by atoms with Crippen molar-refractivity contribution in [2.24, 2.45) is 0 Å². The molecule has 1 atom stereocenters. The van der Waals surface area contributed by atoms with Crippen molar-refractivity contribution in [3.05, 3.63) is 18.4 Å². The summed E-state index contributed by atoms with van der Waals surface area (Å²) in [5.74, 6) is 0. The summed E-state index contributed by atoms with van der Waals surface area (Å²) in [5, 5.41) is 8.39. The van der Waals surface area contributed by atoms with Gasteiger partial charge in [0.25, 0.3) is 0 Å². The van der Waals surface area contributed by atoms with Gasteiger partial charge < -0.3 is 5.11 Å². The number of hydrogen-bond donors (Lipinski definition) is 1. The summed E-state index contributed by atoms with van der Waals surface area (Å²) in [5.41, 5.74) is 2.44. The molecule has 6 heavy (non-hydrogen) atoms. The van der Waals surface area contributed by atoms with Crippen LogP contribution in [0, 0.1) is 0 Å². The topological polar surface area (TPSA) is 20.2 Å². The van der Waals surface area contributed by atoms with Crippen LogP contribution in [0.25, 0.3) is 0 Å². The molecule has 1 nitrogen and oxygen atoms in total. The van der Waals surface area contributed by atoms with Crippen LogP contribution < -0.4 is 0 Å². The van der Waals surface area contributed by atoms with Gasteiger partial charge >= 0.3 is 0 Å². The van der Waals surface area contributed by atoms with E-state index in [1.54, 1.807) is 6.92 Å². The maximum Gasteiger partial charge on any atom is 0.0766 e. The molecular formula is C5H8O. The summed E-state index contributed by atoms with van der Waals surface area (Å²) in [6, 6.07) is 0. The highest BCUT2D eigenvalue weighted by atomic mass is 16.3. The summed E-state index contributed by atoms with van der Waals surface area (Å²) in [6.07, 6.45) is 1.09. The maximum atomic E-state index is 8.39. The molecule has 1 heteroatoms. The van der Waals surface area contributed by atoms with Gasteiger partial charge in [-0.05, 0) is 13.0 Å². The monoisotopic (exact) mass is 84.1 g/mol. The molecule has 0 aliphatic rings. The highest BCUT2D eigenvalue weighted by Crippen LogP contribution is 1.75. The second kappa shape index (κ2) is 2.70. The molecule has 0 saturated heterocycles. The number of hydrogen-bond acceptors (Lipinski definition) is 1. The van der Waals surface area contributed by atoms with Crippen LogP contribution in [-0.2, 0) is 0 Å². The molecule has 1 N–H and O–H groups in total. The van der Waals surface area contributed by atoms with Crippen LogP contribution in [0.15, 0.2) is 18.4 Å². The first-order chi connectivity index (χ1) is 2.77. The van der Waals surface area contributed by atoms with E-state index in [4.69, 9.17) is 5.11 Å². The number of rotatable bonds is 1. The molecule has 0 amide bonds. The third-order valence-corrected chi connectivity index (χ3v) is 0.359. The average Bonchev–Trinajstić information content (AvgIpc) is 1.35. The number of aliphatic hydroxyl groups is 1. The molecule has 0 heterocycles. The van der Waals surface area contributed by atoms with E-state index in [2.05, 4.69) is 12.3 Å². The van der Waals surface area contributed by atoms with E-state index in [9.17, 15) is 0 Å². The van der Waals surface area contributed by atoms with Gasteiger partial charge in [-0.1, -0.05) is 6.58 Å². The van der Waals surface area contributed by atoms with E-state index in [1.165, 1.54) is 6.08 Å². The lowest BCUT2D eigenvalue weighted by Gasteiger charge is -1.84. The highest BCUT2D eigenvalue weighted by molar-refractivity contribution is 4.80. The third kappa shape index (κ3) is 3.48. The quantitative estimate of drug-likeness (QED) is 0.464. The fraction of sp³-hybridized carbons (Fsp3) is 0.400. The van der Waals surface area contributed by atoms with Crippen molar-refractivity contribution in [1.82, 2.24) is 0 Å². The van der Waals surface area contributed by atoms with Crippen LogP contribution in [0.1, 0.15) is 6.92 Å². The minimum Gasteiger partial charge on any atom is -0.389 e. The zero-order chi connectivity index (χ0) is 4.99. The molecule has 0 spiro atoms. The van der Waals surface area contributed by atoms with Crippen LogP contribution in [0.3, 0.4) is 0 Å². The standard InChI is InChI=1S/C5H8O/c1-3-4-5(2)6/h4-6H,1H2,2H3. The molecular weight excluding hydrogens is 76.1 g/mol. The predicted octanol–water partition coefficient (Wildman–Crippen LogP) is 0.708. The van der Waals surface area contributed by atoms with Crippen molar-refractivity contribution in [2.75, 3.05) is 0 Å². The van der Waals surface area contributed by atoms with E-state index in [0.29, 0.717) is 0 Å². The number of aliphatic hydroxyl groups excluding tert-OH is 1. The third-order valence-electron chi connectivity index (χ3n) is 0.359. The highest BCUT2D eigenvalue weighted by Gasteiger charge is 1.77. The molecule has 1 unspecified atom stereocenters. The Morgan fingerprint density at radius 2 is 2.50 bits per heavy atom. The lowest BCUT2D eigenvalue weighted by molar-refractivity contribution is 0.244. The molecule has 34 valence electrons. The Labute approximate surface area is 37.6 Å². The zero-order valence-electron chi connectivity index (χ0n) is 3.81. The lowest BCUT2D eigenvalue weighted by atomic mass is 10.4. The van der Waals surface area contributed by atoms with E-state index in [1.807, 2.05) is 0 Å². The summed E-state index contributed by atoms with van der Waals surface area (Å²) in [7, 11) is 0. The van der Waals surface area contributed by atoms with Gasteiger partial charge in [0, 0.05) is 0 Å². The Bertz CT molecular complexity index is 68.0. The van der Waals surface area contributed by atoms with Gasteiger partial charge in [-0.25, -0.2) is 0 Å². The molecule has 0 bridgehead atoms. The first-order valence-electron chi connectivity index (χ1n) is 1.81. The van der Waals surface area contributed by atoms with Gasteiger partial charge in [0.2, 0.25) is 0 Å². The molecule has 0 aliphatic carbocycles. The molecule has 0 aromatic heterocycles. The zero-order valence-corrected chi connectivity index (χ0v) is 3.81. The van der Waals surface area contributed by atoms with Gasteiger partial charge in [-0.2, -0.15) is 0 Å². The second-order valence-corrected chi connectivity index (χ2v) is 1.11. The fourth-order valence-electron chi connectivity index (χ4n) is 0.171. The predicted molar refractivity (Wildman–Crippen MR) is 25.4 cm³/mol. The molecule has 0 rings (SSSR count). The van der Waals surface area contributed by atoms with Crippen molar-refractivity contribution in [1.29, 1.82) is 0 Å². The SMILES string of the molecule is C=C=CC(C)O. The summed E-state index contributed by atoms with van der Waals surface area (Å²) in [6.45, 7) is 4.91. The molecule has 0 fully saturated rings. The molecule has 0 aromatic carbocycles. The average molecular weight is 84.1 g/mol. The van der Waals surface area contributed by atoms with Crippen molar-refractivity contribution in [3.8, 4) is 0 Å². The minimum absolute atomic E-state index is 0.400. The van der Waals surface area contributed by atoms with Gasteiger partial charge in [-0.3, -0.25) is 0 Å². The van der Waals surface area contributed by atoms with Gasteiger partial charge in [-0.15, -0.1) is 5.73 Å². The lowest BCUT2D eigenvalue weighted by Crippen LogP contribution is -1.89. The molecule has 0 aliphatic heterocycles. The van der Waals surface area contributed by atoms with Crippen LogP contribution >= 0.6 is 0 Å². The second-order valence-electron chi connectivity index (χ2n) is 1.11. The molecule has 0 saturated carbocycles. The van der Waals surface area contributed by atoms with Crippen molar-refractivity contribution < 1.29 is 5.11 Å². The van der Waals surface area contributed by atoms with Crippen LogP contribution in [0.4, 0.5) is 0 Å². The summed E-state index contributed by atoms with van der Waals surface area (Å²) >= 11 is 0. The van der Waals surface area contributed by atoms with Gasteiger partial charge in [0.05, 0.1) is 6.10 Å². The Morgan fingerprint density at radius 3 is 2.50 bits per heavy atom. The van der Waals surface area contributed by atoms with Gasteiger partial charge in [0.1, 0.15) is 0 Å². The smallest absolute Gasteiger partial charge is 0.0766 e. The van der Waals surface area contributed by atoms with Gasteiger partial charge in [0.15, 0.2) is 0 Å². The fourth-order valence-corrected chi connectivity index (χ4v) is 0.171. The molecule has 0 radical (unpaired) electrons. The van der Waals surface area contributed by atoms with Crippen molar-refractivity contribution in [2.45, 2.75) is 13.0 Å². The Hall–Kier alpha value is -0.520. The molecule has 0 aromatic rings. The minimum atomic E-state index is -0.400. The summed E-state index contributed by atoms with van der Waals surface area (Å²) in [4.78, 5) is 0. The van der Waals surface area contributed by atoms with E-state index >= 15 is 0 Å². The van der Waals surface area contributed by atoms with Crippen LogP contribution in [0.2, 0.25) is 0 Å². The first kappa shape index (κ1) is 5.48. The Kier molecular flexibility index (Phi) is 2.47. The Morgan fingerprint density at radius 1 is 2.00 bits per heavy atom. The normalized spacial score (nSPS) is 12.3. The van der Waals surface area contributed by atoms with E-state index in [0.717, 1.165) is 0 Å². The van der Waals surface area contributed by atoms with Crippen LogP contribution in [-0.4, -0.2) is 11.2 Å². The maximum absolute atomic E-state index is 8.39.